The fourth-order valence-electron chi connectivity index (χ4n) is 3.83. The maximum absolute atomic E-state index is 13.6. The quantitative estimate of drug-likeness (QED) is 0.371. The highest BCUT2D eigenvalue weighted by Gasteiger charge is 2.33. The number of hydrogen-bond acceptors (Lipinski definition) is 5. The van der Waals surface area contributed by atoms with Gasteiger partial charge in [0.05, 0.1) is 20.9 Å². The van der Waals surface area contributed by atoms with Crippen molar-refractivity contribution in [3.05, 3.63) is 73.4 Å². The monoisotopic (exact) mass is 532 g/mol. The molecule has 0 aliphatic carbocycles. The first-order chi connectivity index (χ1) is 15.1. The van der Waals surface area contributed by atoms with Crippen LogP contribution in [-0.4, -0.2) is 31.7 Å². The number of rotatable bonds is 5. The molecule has 32 heavy (non-hydrogen) atoms. The van der Waals surface area contributed by atoms with Gasteiger partial charge in [-0.15, -0.1) is 11.3 Å². The van der Waals surface area contributed by atoms with E-state index in [1.165, 1.54) is 29.5 Å². The highest BCUT2D eigenvalue weighted by molar-refractivity contribution is 7.92. The average Bonchev–Trinajstić information content (AvgIpc) is 3.18. The number of sulfone groups is 1. The van der Waals surface area contributed by atoms with Gasteiger partial charge >= 0.3 is 0 Å². The van der Waals surface area contributed by atoms with E-state index in [4.69, 9.17) is 34.8 Å². The third-order valence-corrected chi connectivity index (χ3v) is 9.82. The molecule has 0 radical (unpaired) electrons. The number of aryl methyl sites for hydroxylation is 1. The molecule has 0 bridgehead atoms. The topological polar surface area (TPSA) is 50.3 Å². The zero-order valence-electron chi connectivity index (χ0n) is 17.1. The summed E-state index contributed by atoms with van der Waals surface area (Å²) < 4.78 is 39.9. The minimum absolute atomic E-state index is 0.143. The van der Waals surface area contributed by atoms with Gasteiger partial charge in [0.2, 0.25) is 0 Å². The molecule has 2 aromatic carbocycles. The van der Waals surface area contributed by atoms with E-state index >= 15 is 0 Å². The zero-order chi connectivity index (χ0) is 23.0. The van der Waals surface area contributed by atoms with E-state index in [1.807, 2.05) is 5.38 Å². The van der Waals surface area contributed by atoms with E-state index in [1.54, 1.807) is 19.1 Å². The van der Waals surface area contributed by atoms with Gasteiger partial charge in [-0.1, -0.05) is 34.8 Å². The van der Waals surface area contributed by atoms with Crippen molar-refractivity contribution >= 4 is 61.1 Å². The van der Waals surface area contributed by atoms with Crippen LogP contribution in [0, 0.1) is 12.7 Å². The molecule has 1 aliphatic rings. The molecule has 0 saturated carbocycles. The molecule has 1 aliphatic heterocycles. The summed E-state index contributed by atoms with van der Waals surface area (Å²) in [6.45, 7) is 2.91. The molecular weight excluding hydrogens is 514 g/mol. The van der Waals surface area contributed by atoms with E-state index < -0.39 is 15.1 Å². The molecule has 0 spiro atoms. The van der Waals surface area contributed by atoms with Gasteiger partial charge in [-0.05, 0) is 61.2 Å². The van der Waals surface area contributed by atoms with Gasteiger partial charge in [0.1, 0.15) is 5.82 Å². The van der Waals surface area contributed by atoms with E-state index in [2.05, 4.69) is 9.88 Å². The predicted octanol–water partition coefficient (Wildman–Crippen LogP) is 6.58. The Morgan fingerprint density at radius 1 is 1.09 bits per heavy atom. The van der Waals surface area contributed by atoms with E-state index in [9.17, 15) is 12.8 Å². The van der Waals surface area contributed by atoms with Gasteiger partial charge in [-0.25, -0.2) is 17.8 Å². The minimum Gasteiger partial charge on any atom is -0.348 e. The molecule has 170 valence electrons. The van der Waals surface area contributed by atoms with Crippen LogP contribution in [0.25, 0.3) is 0 Å². The van der Waals surface area contributed by atoms with Crippen molar-refractivity contribution in [2.24, 2.45) is 0 Å². The summed E-state index contributed by atoms with van der Waals surface area (Å²) in [6.07, 6.45) is 1.44. The third kappa shape index (κ3) is 5.07. The van der Waals surface area contributed by atoms with Gasteiger partial charge in [0.25, 0.3) is 0 Å². The Balaban J connectivity index is 1.43. The van der Waals surface area contributed by atoms with Crippen LogP contribution >= 0.6 is 46.1 Å². The van der Waals surface area contributed by atoms with Crippen LogP contribution in [0.2, 0.25) is 15.1 Å². The van der Waals surface area contributed by atoms with Crippen LogP contribution in [0.4, 0.5) is 9.52 Å². The Bertz CT molecular complexity index is 1240. The van der Waals surface area contributed by atoms with Crippen molar-refractivity contribution in [3.63, 3.8) is 0 Å². The summed E-state index contributed by atoms with van der Waals surface area (Å²) >= 11 is 19.7. The van der Waals surface area contributed by atoms with Crippen LogP contribution in [0.15, 0.2) is 40.6 Å². The molecule has 0 amide bonds. The summed E-state index contributed by atoms with van der Waals surface area (Å²) in [5.41, 5.74) is 2.26. The maximum Gasteiger partial charge on any atom is 0.185 e. The molecule has 1 saturated heterocycles. The van der Waals surface area contributed by atoms with Gasteiger partial charge in [0, 0.05) is 34.9 Å². The lowest BCUT2D eigenvalue weighted by Gasteiger charge is -2.31. The summed E-state index contributed by atoms with van der Waals surface area (Å²) in [7, 11) is -3.56. The van der Waals surface area contributed by atoms with Gasteiger partial charge < -0.3 is 4.90 Å². The number of aromatic nitrogens is 1. The smallest absolute Gasteiger partial charge is 0.185 e. The van der Waals surface area contributed by atoms with Gasteiger partial charge in [-0.2, -0.15) is 0 Å². The second-order valence-electron chi connectivity index (χ2n) is 7.84. The molecule has 10 heteroatoms. The number of thiazole rings is 1. The first kappa shape index (κ1) is 23.8. The molecule has 4 nitrogen and oxygen atoms in total. The molecule has 2 heterocycles. The molecule has 0 atom stereocenters. The van der Waals surface area contributed by atoms with Crippen molar-refractivity contribution in [2.45, 2.75) is 36.3 Å². The number of hydrogen-bond donors (Lipinski definition) is 0. The zero-order valence-corrected chi connectivity index (χ0v) is 21.0. The van der Waals surface area contributed by atoms with Crippen LogP contribution in [-0.2, 0) is 16.3 Å². The SMILES string of the molecule is Cc1cc(S(=O)(=O)C2CCN(c3nc(Cc4cc(F)cc(Cl)c4)cs3)CC2)c(Cl)cc1Cl. The second kappa shape index (κ2) is 9.47. The lowest BCUT2D eigenvalue weighted by atomic mass is 10.1. The van der Waals surface area contributed by atoms with Crippen molar-refractivity contribution < 1.29 is 12.8 Å². The van der Waals surface area contributed by atoms with Crippen LogP contribution in [0.1, 0.15) is 29.7 Å². The fraction of sp³-hybridized carbons (Fsp3) is 0.318. The normalized spacial score (nSPS) is 15.3. The average molecular weight is 534 g/mol. The Kier molecular flexibility index (Phi) is 7.03. The number of nitrogens with zero attached hydrogens (tertiary/aromatic N) is 2. The fourth-order valence-corrected chi connectivity index (χ4v) is 7.52. The Hall–Kier alpha value is -1.38. The molecule has 1 aromatic heterocycles. The van der Waals surface area contributed by atoms with Crippen molar-refractivity contribution in [1.29, 1.82) is 0 Å². The number of halogens is 4. The Morgan fingerprint density at radius 2 is 1.81 bits per heavy atom. The summed E-state index contributed by atoms with van der Waals surface area (Å²) in [5, 5.41) is 3.22. The second-order valence-corrected chi connectivity index (χ2v) is 12.1. The van der Waals surface area contributed by atoms with Gasteiger partial charge in [0.15, 0.2) is 15.0 Å². The highest BCUT2D eigenvalue weighted by atomic mass is 35.5. The first-order valence-corrected chi connectivity index (χ1v) is 13.5. The third-order valence-electron chi connectivity index (χ3n) is 5.52. The summed E-state index contributed by atoms with van der Waals surface area (Å²) in [5.74, 6) is -0.373. The molecule has 0 unspecified atom stereocenters. The molecule has 4 rings (SSSR count). The Morgan fingerprint density at radius 3 is 2.50 bits per heavy atom. The van der Waals surface area contributed by atoms with Gasteiger partial charge in [-0.3, -0.25) is 0 Å². The largest absolute Gasteiger partial charge is 0.348 e. The van der Waals surface area contributed by atoms with E-state index in [0.29, 0.717) is 48.0 Å². The molecular formula is C22H20Cl3FN2O2S2. The highest BCUT2D eigenvalue weighted by Crippen LogP contribution is 2.34. The van der Waals surface area contributed by atoms with Crippen molar-refractivity contribution in [2.75, 3.05) is 18.0 Å². The van der Waals surface area contributed by atoms with Crippen molar-refractivity contribution in [3.8, 4) is 0 Å². The number of benzene rings is 2. The summed E-state index contributed by atoms with van der Waals surface area (Å²) in [4.78, 5) is 6.90. The lowest BCUT2D eigenvalue weighted by Crippen LogP contribution is -2.39. The lowest BCUT2D eigenvalue weighted by molar-refractivity contribution is 0.529. The molecule has 1 fully saturated rings. The van der Waals surface area contributed by atoms with Crippen LogP contribution in [0.5, 0.6) is 0 Å². The number of anilines is 1. The Labute approximate surface area is 205 Å². The predicted molar refractivity (Wildman–Crippen MR) is 130 cm³/mol. The van der Waals surface area contributed by atoms with Crippen LogP contribution < -0.4 is 4.90 Å². The van der Waals surface area contributed by atoms with E-state index in [-0.39, 0.29) is 15.7 Å². The first-order valence-electron chi connectivity index (χ1n) is 9.97. The molecule has 0 N–H and O–H groups in total. The summed E-state index contributed by atoms with van der Waals surface area (Å²) in [6, 6.07) is 7.49. The van der Waals surface area contributed by atoms with Crippen molar-refractivity contribution in [1.82, 2.24) is 4.98 Å². The maximum atomic E-state index is 13.6. The standard InChI is InChI=1S/C22H20Cl3FN2O2S2/c1-13-6-21(20(25)11-19(13)24)32(29,30)18-2-4-28(5-3-18)22-27-17(12-31-22)9-14-7-15(23)10-16(26)8-14/h6-8,10-12,18H,2-5,9H2,1H3. The van der Waals surface area contributed by atoms with E-state index in [0.717, 1.165) is 16.4 Å². The minimum atomic E-state index is -3.56. The molecule has 3 aromatic rings. The van der Waals surface area contributed by atoms with Crippen LogP contribution in [0.3, 0.4) is 0 Å². The number of piperidine rings is 1.